The van der Waals surface area contributed by atoms with E-state index in [9.17, 15) is 0 Å². The molecule has 4 rings (SSSR count). The van der Waals surface area contributed by atoms with Gasteiger partial charge in [-0.2, -0.15) is 0 Å². The third kappa shape index (κ3) is 7.92. The first-order valence-corrected chi connectivity index (χ1v) is 13.8. The van der Waals surface area contributed by atoms with Crippen LogP contribution in [0.2, 0.25) is 12.6 Å². The van der Waals surface area contributed by atoms with Crippen molar-refractivity contribution < 1.29 is 0 Å². The lowest BCUT2D eigenvalue weighted by Crippen LogP contribution is -2.19. The number of nitrogens with one attached hydrogen (secondary N) is 2. The average Bonchev–Trinajstić information content (AvgIpc) is 2.97. The van der Waals surface area contributed by atoms with Gasteiger partial charge in [0.15, 0.2) is 14.6 Å². The highest BCUT2D eigenvalue weighted by Gasteiger charge is 2.20. The number of unbranched alkanes of at least 4 members (excludes halogenated alkanes) is 3. The highest BCUT2D eigenvalue weighted by atomic mass is 14.4. The van der Waals surface area contributed by atoms with Crippen LogP contribution < -0.4 is 0 Å². The fourth-order valence-corrected chi connectivity index (χ4v) is 5.08. The Balaban J connectivity index is 1.19. The molecule has 0 aliphatic carbocycles. The van der Waals surface area contributed by atoms with E-state index >= 15 is 0 Å². The molecule has 0 spiro atoms. The van der Waals surface area contributed by atoms with E-state index in [1.807, 2.05) is 24.3 Å². The van der Waals surface area contributed by atoms with Crippen LogP contribution in [-0.2, 0) is 0 Å². The zero-order valence-corrected chi connectivity index (χ0v) is 22.1. The van der Waals surface area contributed by atoms with Gasteiger partial charge in [-0.3, -0.25) is 0 Å². The predicted molar refractivity (Wildman–Crippen MR) is 164 cm³/mol. The van der Waals surface area contributed by atoms with E-state index in [-0.39, 0.29) is 11.8 Å². The largest absolute Gasteiger partial charge is 0.319 e. The molecule has 0 heterocycles. The highest BCUT2D eigenvalue weighted by Crippen LogP contribution is 2.27. The quantitative estimate of drug-likeness (QED) is 0.0947. The van der Waals surface area contributed by atoms with E-state index in [2.05, 4.69) is 112 Å². The molecular weight excluding hydrogens is 458 g/mol. The van der Waals surface area contributed by atoms with Crippen molar-refractivity contribution in [2.45, 2.75) is 50.2 Å². The van der Waals surface area contributed by atoms with Crippen LogP contribution in [0.3, 0.4) is 0 Å². The Morgan fingerprint density at radius 2 is 0.684 bits per heavy atom. The van der Waals surface area contributed by atoms with Crippen LogP contribution in [0.15, 0.2) is 121 Å². The Morgan fingerprint density at radius 1 is 0.421 bits per heavy atom. The first kappa shape index (κ1) is 27.4. The molecule has 0 atom stereocenters. The summed E-state index contributed by atoms with van der Waals surface area (Å²) in [7, 11) is 4.22. The van der Waals surface area contributed by atoms with Crippen LogP contribution in [0.5, 0.6) is 0 Å². The minimum absolute atomic E-state index is 0.0137. The summed E-state index contributed by atoms with van der Waals surface area (Å²) >= 11 is 0. The van der Waals surface area contributed by atoms with Crippen LogP contribution in [0.25, 0.3) is 0 Å². The van der Waals surface area contributed by atoms with E-state index in [0.29, 0.717) is 11.2 Å². The van der Waals surface area contributed by atoms with Crippen molar-refractivity contribution in [2.24, 2.45) is 0 Å². The molecule has 2 radical (unpaired) electrons. The van der Waals surface area contributed by atoms with Crippen LogP contribution in [-0.4, -0.2) is 25.8 Å². The Hall–Kier alpha value is -3.65. The number of benzene rings is 4. The molecule has 4 aromatic carbocycles. The molecule has 2 N–H and O–H groups in total. The van der Waals surface area contributed by atoms with Crippen molar-refractivity contribution in [3.63, 3.8) is 0 Å². The van der Waals surface area contributed by atoms with Crippen molar-refractivity contribution in [2.75, 3.05) is 0 Å². The van der Waals surface area contributed by atoms with Crippen molar-refractivity contribution in [1.82, 2.24) is 0 Å². The van der Waals surface area contributed by atoms with Gasteiger partial charge in [0.2, 0.25) is 0 Å². The molecule has 2 nitrogen and oxygen atoms in total. The minimum Gasteiger partial charge on any atom is -0.319 e. The lowest BCUT2D eigenvalue weighted by atomic mass is 9.60. The summed E-state index contributed by atoms with van der Waals surface area (Å²) in [4.78, 5) is 0. The predicted octanol–water partition coefficient (Wildman–Crippen LogP) is 8.41. The molecule has 0 saturated carbocycles. The lowest BCUT2D eigenvalue weighted by molar-refractivity contribution is 0.699. The van der Waals surface area contributed by atoms with Gasteiger partial charge in [-0.25, -0.2) is 0 Å². The van der Waals surface area contributed by atoms with Gasteiger partial charge >= 0.3 is 0 Å². The third-order valence-electron chi connectivity index (χ3n) is 7.04. The Kier molecular flexibility index (Phi) is 10.8. The monoisotopic (exact) mass is 494 g/mol. The van der Waals surface area contributed by atoms with E-state index < -0.39 is 0 Å². The minimum atomic E-state index is -0.0137. The topological polar surface area (TPSA) is 47.7 Å². The Morgan fingerprint density at radius 3 is 0.947 bits per heavy atom. The van der Waals surface area contributed by atoms with Gasteiger partial charge in [0.25, 0.3) is 0 Å². The standard InChI is InChI=1S/C34H36B2N2/c37-33(31(27-17-7-3-8-18-27)28-19-9-4-10-20-28)35-25-15-1-2-16-26-36-34(38)32(29-21-11-5-12-22-29)30-23-13-6-14-24-30/h3-14,17-24,31-32,37-38H,1-2,15-16,25-26H2. The molecule has 4 aromatic rings. The molecule has 0 aromatic heterocycles. The third-order valence-corrected chi connectivity index (χ3v) is 7.04. The summed E-state index contributed by atoms with van der Waals surface area (Å²) in [5, 5.41) is 17.6. The Bertz CT molecular complexity index is 1060. The molecular formula is C34H36B2N2. The summed E-state index contributed by atoms with van der Waals surface area (Å²) in [5.74, 6) is -0.0274. The molecule has 0 amide bonds. The molecule has 4 heteroatoms. The van der Waals surface area contributed by atoms with Gasteiger partial charge in [-0.1, -0.05) is 160 Å². The van der Waals surface area contributed by atoms with Crippen molar-refractivity contribution >= 4 is 25.8 Å². The molecule has 188 valence electrons. The normalized spacial score (nSPS) is 10.9. The fourth-order valence-electron chi connectivity index (χ4n) is 5.08. The summed E-state index contributed by atoms with van der Waals surface area (Å²) in [5.41, 5.74) is 6.03. The first-order chi connectivity index (χ1) is 18.7. The van der Waals surface area contributed by atoms with E-state index in [4.69, 9.17) is 10.8 Å². The molecule has 0 aliphatic rings. The van der Waals surface area contributed by atoms with Crippen molar-refractivity contribution in [3.05, 3.63) is 144 Å². The van der Waals surface area contributed by atoms with Gasteiger partial charge in [-0.15, -0.1) is 0 Å². The average molecular weight is 494 g/mol. The summed E-state index contributed by atoms with van der Waals surface area (Å²) < 4.78 is 0. The van der Waals surface area contributed by atoms with Crippen LogP contribution in [0, 0.1) is 10.8 Å². The van der Waals surface area contributed by atoms with E-state index in [1.165, 1.54) is 22.3 Å². The summed E-state index contributed by atoms with van der Waals surface area (Å²) in [6, 6.07) is 41.5. The molecule has 0 unspecified atom stereocenters. The summed E-state index contributed by atoms with van der Waals surface area (Å²) in [6.45, 7) is 0. The zero-order valence-electron chi connectivity index (χ0n) is 22.1. The smallest absolute Gasteiger partial charge is 0.172 e. The summed E-state index contributed by atoms with van der Waals surface area (Å²) in [6.07, 6.45) is 6.33. The SMILES string of the molecule is N=C([B]CCCCCC[B]C(=N)C(c1ccccc1)c1ccccc1)C(c1ccccc1)c1ccccc1. The maximum absolute atomic E-state index is 8.81. The fraction of sp³-hybridized carbons (Fsp3) is 0.235. The van der Waals surface area contributed by atoms with Gasteiger partial charge in [0, 0.05) is 11.8 Å². The van der Waals surface area contributed by atoms with Crippen LogP contribution in [0.4, 0.5) is 0 Å². The van der Waals surface area contributed by atoms with E-state index in [1.54, 1.807) is 0 Å². The van der Waals surface area contributed by atoms with Crippen molar-refractivity contribution in [3.8, 4) is 0 Å². The molecule has 0 fully saturated rings. The van der Waals surface area contributed by atoms with Gasteiger partial charge < -0.3 is 10.8 Å². The number of hydrogen-bond acceptors (Lipinski definition) is 2. The first-order valence-electron chi connectivity index (χ1n) is 13.8. The van der Waals surface area contributed by atoms with Crippen LogP contribution >= 0.6 is 0 Å². The second kappa shape index (κ2) is 14.9. The van der Waals surface area contributed by atoms with Gasteiger partial charge in [0.05, 0.1) is 0 Å². The van der Waals surface area contributed by atoms with Gasteiger partial charge in [0.1, 0.15) is 0 Å². The molecule has 0 bridgehead atoms. The maximum Gasteiger partial charge on any atom is 0.172 e. The Labute approximate surface area is 230 Å². The zero-order chi connectivity index (χ0) is 26.4. The number of rotatable bonds is 15. The number of hydrogen-bond donors (Lipinski definition) is 2. The highest BCUT2D eigenvalue weighted by molar-refractivity contribution is 6.76. The van der Waals surface area contributed by atoms with Crippen LogP contribution in [0.1, 0.15) is 59.8 Å². The molecule has 0 aliphatic heterocycles. The second-order valence-corrected chi connectivity index (χ2v) is 9.82. The molecule has 38 heavy (non-hydrogen) atoms. The van der Waals surface area contributed by atoms with Crippen molar-refractivity contribution in [1.29, 1.82) is 10.8 Å². The van der Waals surface area contributed by atoms with Gasteiger partial charge in [-0.05, 0) is 33.5 Å². The van der Waals surface area contributed by atoms with E-state index in [0.717, 1.165) is 38.3 Å². The second-order valence-electron chi connectivity index (χ2n) is 9.82. The maximum atomic E-state index is 8.81. The lowest BCUT2D eigenvalue weighted by Gasteiger charge is -2.19. The molecule has 0 saturated heterocycles.